The molecule has 4 N–H and O–H groups in total. The first-order chi connectivity index (χ1) is 9.22. The minimum absolute atomic E-state index is 0.203. The molecule has 1 heterocycles. The van der Waals surface area contributed by atoms with Gasteiger partial charge in [0.25, 0.3) is 5.91 Å². The molecular weight excluding hydrogens is 308 g/mol. The number of halogens is 1. The highest BCUT2D eigenvalue weighted by molar-refractivity contribution is 9.10. The first-order valence-electron chi connectivity index (χ1n) is 5.64. The van der Waals surface area contributed by atoms with Gasteiger partial charge in [0.15, 0.2) is 0 Å². The standard InChI is InChI=1S/C13H13BrN4O/c14-11-4-2-1-3-9(11)7-17-13(19)10-5-6-16-8-12(10)18-15/h1-6,8,18H,7,15H2,(H,17,19). The molecule has 0 bridgehead atoms. The van der Waals surface area contributed by atoms with Gasteiger partial charge in [-0.25, -0.2) is 0 Å². The number of carbonyl (C=O) groups is 1. The van der Waals surface area contributed by atoms with E-state index in [2.05, 4.69) is 31.7 Å². The van der Waals surface area contributed by atoms with Gasteiger partial charge < -0.3 is 10.7 Å². The van der Waals surface area contributed by atoms with Crippen molar-refractivity contribution < 1.29 is 4.79 Å². The normalized spacial score (nSPS) is 10.0. The number of amides is 1. The van der Waals surface area contributed by atoms with Gasteiger partial charge in [-0.05, 0) is 17.7 Å². The van der Waals surface area contributed by atoms with Crippen LogP contribution in [0.3, 0.4) is 0 Å². The number of nitrogens with one attached hydrogen (secondary N) is 2. The lowest BCUT2D eigenvalue weighted by Gasteiger charge is -2.09. The summed E-state index contributed by atoms with van der Waals surface area (Å²) in [5.74, 6) is 5.14. The van der Waals surface area contributed by atoms with E-state index in [1.54, 1.807) is 12.3 Å². The van der Waals surface area contributed by atoms with Crippen LogP contribution in [0, 0.1) is 0 Å². The molecule has 1 amide bonds. The van der Waals surface area contributed by atoms with Gasteiger partial charge in [0.05, 0.1) is 17.4 Å². The van der Waals surface area contributed by atoms with Crippen molar-refractivity contribution in [3.8, 4) is 0 Å². The van der Waals surface area contributed by atoms with Crippen LogP contribution in [0.2, 0.25) is 0 Å². The third-order valence-corrected chi connectivity index (χ3v) is 3.39. The fourth-order valence-corrected chi connectivity index (χ4v) is 2.04. The van der Waals surface area contributed by atoms with E-state index in [-0.39, 0.29) is 5.91 Å². The molecule has 0 aliphatic rings. The highest BCUT2D eigenvalue weighted by Gasteiger charge is 2.10. The molecule has 0 fully saturated rings. The van der Waals surface area contributed by atoms with E-state index >= 15 is 0 Å². The molecule has 2 rings (SSSR count). The molecule has 0 aliphatic carbocycles. The Morgan fingerprint density at radius 3 is 2.84 bits per heavy atom. The van der Waals surface area contributed by atoms with E-state index in [1.165, 1.54) is 6.20 Å². The van der Waals surface area contributed by atoms with Crippen LogP contribution in [0.1, 0.15) is 15.9 Å². The summed E-state index contributed by atoms with van der Waals surface area (Å²) in [4.78, 5) is 16.0. The second kappa shape index (κ2) is 6.31. The summed E-state index contributed by atoms with van der Waals surface area (Å²) in [5, 5.41) is 2.84. The predicted octanol–water partition coefficient (Wildman–Crippen LogP) is 2.06. The molecule has 0 unspecified atom stereocenters. The Bertz CT molecular complexity index is 588. The van der Waals surface area contributed by atoms with Gasteiger partial charge in [-0.1, -0.05) is 34.1 Å². The van der Waals surface area contributed by atoms with Gasteiger partial charge in [-0.3, -0.25) is 15.6 Å². The monoisotopic (exact) mass is 320 g/mol. The number of hydrogen-bond acceptors (Lipinski definition) is 4. The molecule has 0 radical (unpaired) electrons. The van der Waals surface area contributed by atoms with Crippen molar-refractivity contribution in [1.29, 1.82) is 0 Å². The Morgan fingerprint density at radius 2 is 2.11 bits per heavy atom. The molecule has 0 saturated carbocycles. The summed E-state index contributed by atoms with van der Waals surface area (Å²) in [6.45, 7) is 0.437. The molecule has 0 spiro atoms. The number of rotatable bonds is 4. The summed E-state index contributed by atoms with van der Waals surface area (Å²) in [7, 11) is 0. The molecule has 5 nitrogen and oxygen atoms in total. The van der Waals surface area contributed by atoms with Crippen LogP contribution in [0.5, 0.6) is 0 Å². The maximum Gasteiger partial charge on any atom is 0.253 e. The lowest BCUT2D eigenvalue weighted by atomic mass is 10.2. The summed E-state index contributed by atoms with van der Waals surface area (Å²) in [6.07, 6.45) is 3.06. The summed E-state index contributed by atoms with van der Waals surface area (Å²) in [5.41, 5.74) is 4.42. The van der Waals surface area contributed by atoms with Crippen LogP contribution in [0.15, 0.2) is 47.2 Å². The average Bonchev–Trinajstić information content (AvgIpc) is 2.46. The quantitative estimate of drug-likeness (QED) is 0.595. The molecule has 98 valence electrons. The topological polar surface area (TPSA) is 80.0 Å². The number of pyridine rings is 1. The molecule has 2 aromatic rings. The summed E-state index contributed by atoms with van der Waals surface area (Å²) >= 11 is 3.44. The number of nitrogens with two attached hydrogens (primary N) is 1. The molecule has 6 heteroatoms. The Hall–Kier alpha value is -1.92. The number of hydrogen-bond donors (Lipinski definition) is 3. The van der Waals surface area contributed by atoms with Crippen LogP contribution >= 0.6 is 15.9 Å². The van der Waals surface area contributed by atoms with Gasteiger partial charge in [0.1, 0.15) is 0 Å². The van der Waals surface area contributed by atoms with Gasteiger partial charge >= 0.3 is 0 Å². The fourth-order valence-electron chi connectivity index (χ4n) is 1.62. The maximum absolute atomic E-state index is 12.1. The zero-order chi connectivity index (χ0) is 13.7. The van der Waals surface area contributed by atoms with Crippen LogP contribution in [-0.2, 0) is 6.54 Å². The highest BCUT2D eigenvalue weighted by atomic mass is 79.9. The zero-order valence-electron chi connectivity index (χ0n) is 10.1. The van der Waals surface area contributed by atoms with E-state index in [0.29, 0.717) is 17.8 Å². The Labute approximate surface area is 119 Å². The van der Waals surface area contributed by atoms with Gasteiger partial charge in [0.2, 0.25) is 0 Å². The van der Waals surface area contributed by atoms with Crippen LogP contribution < -0.4 is 16.6 Å². The van der Waals surface area contributed by atoms with Crippen LogP contribution in [0.25, 0.3) is 0 Å². The molecule has 1 aromatic heterocycles. The maximum atomic E-state index is 12.1. The number of benzene rings is 1. The van der Waals surface area contributed by atoms with Crippen molar-refractivity contribution in [2.75, 3.05) is 5.43 Å². The fraction of sp³-hybridized carbons (Fsp3) is 0.0769. The third-order valence-electron chi connectivity index (χ3n) is 2.62. The summed E-state index contributed by atoms with van der Waals surface area (Å²) in [6, 6.07) is 9.34. The average molecular weight is 321 g/mol. The molecule has 0 saturated heterocycles. The van der Waals surface area contributed by atoms with Crippen molar-refractivity contribution >= 4 is 27.5 Å². The minimum atomic E-state index is -0.203. The number of nitrogen functional groups attached to an aromatic ring is 1. The Balaban J connectivity index is 2.08. The Morgan fingerprint density at radius 1 is 1.32 bits per heavy atom. The third kappa shape index (κ3) is 3.30. The molecule has 0 aliphatic heterocycles. The van der Waals surface area contributed by atoms with Crippen LogP contribution in [0.4, 0.5) is 5.69 Å². The minimum Gasteiger partial charge on any atom is -0.348 e. The highest BCUT2D eigenvalue weighted by Crippen LogP contribution is 2.16. The number of aromatic nitrogens is 1. The second-order valence-electron chi connectivity index (χ2n) is 3.84. The van der Waals surface area contributed by atoms with E-state index in [4.69, 9.17) is 5.84 Å². The smallest absolute Gasteiger partial charge is 0.253 e. The lowest BCUT2D eigenvalue weighted by Crippen LogP contribution is -2.25. The SMILES string of the molecule is NNc1cnccc1C(=O)NCc1ccccc1Br. The number of hydrazine groups is 1. The van der Waals surface area contributed by atoms with Gasteiger partial charge in [-0.2, -0.15) is 0 Å². The van der Waals surface area contributed by atoms with E-state index in [1.807, 2.05) is 24.3 Å². The van der Waals surface area contributed by atoms with E-state index < -0.39 is 0 Å². The van der Waals surface area contributed by atoms with Crippen molar-refractivity contribution in [3.63, 3.8) is 0 Å². The lowest BCUT2D eigenvalue weighted by molar-refractivity contribution is 0.0951. The zero-order valence-corrected chi connectivity index (χ0v) is 11.6. The van der Waals surface area contributed by atoms with Gasteiger partial charge in [0, 0.05) is 17.2 Å². The van der Waals surface area contributed by atoms with Crippen molar-refractivity contribution in [1.82, 2.24) is 10.3 Å². The number of carbonyl (C=O) groups excluding carboxylic acids is 1. The largest absolute Gasteiger partial charge is 0.348 e. The van der Waals surface area contributed by atoms with Crippen molar-refractivity contribution in [2.24, 2.45) is 5.84 Å². The van der Waals surface area contributed by atoms with E-state index in [0.717, 1.165) is 10.0 Å². The predicted molar refractivity (Wildman–Crippen MR) is 77.4 cm³/mol. The molecule has 19 heavy (non-hydrogen) atoms. The van der Waals surface area contributed by atoms with Gasteiger partial charge in [-0.15, -0.1) is 0 Å². The Kier molecular flexibility index (Phi) is 4.48. The summed E-state index contributed by atoms with van der Waals surface area (Å²) < 4.78 is 0.960. The van der Waals surface area contributed by atoms with Crippen LogP contribution in [-0.4, -0.2) is 10.9 Å². The molecule has 0 atom stereocenters. The second-order valence-corrected chi connectivity index (χ2v) is 4.69. The van der Waals surface area contributed by atoms with Crippen molar-refractivity contribution in [2.45, 2.75) is 6.54 Å². The van der Waals surface area contributed by atoms with E-state index in [9.17, 15) is 4.79 Å². The van der Waals surface area contributed by atoms with Crippen molar-refractivity contribution in [3.05, 3.63) is 58.3 Å². The molecule has 1 aromatic carbocycles. The first-order valence-corrected chi connectivity index (χ1v) is 6.44. The number of nitrogens with zero attached hydrogens (tertiary/aromatic N) is 1. The molecular formula is C13H13BrN4O. The first kappa shape index (κ1) is 13.5. The number of anilines is 1.